The Kier molecular flexibility index (Phi) is 5.29. The third kappa shape index (κ3) is 4.73. The van der Waals surface area contributed by atoms with Gasteiger partial charge in [-0.1, -0.05) is 18.2 Å². The first kappa shape index (κ1) is 17.8. The third-order valence-corrected chi connectivity index (χ3v) is 5.35. The summed E-state index contributed by atoms with van der Waals surface area (Å²) in [6.07, 6.45) is 2.27. The van der Waals surface area contributed by atoms with Gasteiger partial charge in [-0.2, -0.15) is 0 Å². The van der Waals surface area contributed by atoms with Gasteiger partial charge in [-0.05, 0) is 25.8 Å². The number of benzene rings is 1. The molecule has 0 bridgehead atoms. The van der Waals surface area contributed by atoms with Gasteiger partial charge in [0.1, 0.15) is 17.5 Å². The van der Waals surface area contributed by atoms with Crippen LogP contribution in [0.3, 0.4) is 0 Å². The van der Waals surface area contributed by atoms with Crippen molar-refractivity contribution in [2.45, 2.75) is 32.1 Å². The van der Waals surface area contributed by atoms with Crippen LogP contribution in [0, 0.1) is 12.7 Å². The number of aromatic nitrogens is 2. The molecule has 25 heavy (non-hydrogen) atoms. The molecule has 2 heterocycles. The summed E-state index contributed by atoms with van der Waals surface area (Å²) >= 11 is 0. The van der Waals surface area contributed by atoms with Gasteiger partial charge in [0.2, 0.25) is 10.0 Å². The number of nitrogens with one attached hydrogen (secondary N) is 1. The van der Waals surface area contributed by atoms with Crippen molar-refractivity contribution in [1.29, 1.82) is 0 Å². The van der Waals surface area contributed by atoms with Crippen LogP contribution in [0.4, 0.5) is 10.2 Å². The Morgan fingerprint density at radius 1 is 1.20 bits per heavy atom. The minimum absolute atomic E-state index is 0.0146. The molecule has 0 amide bonds. The zero-order valence-corrected chi connectivity index (χ0v) is 14.9. The zero-order valence-electron chi connectivity index (χ0n) is 14.1. The molecule has 1 saturated heterocycles. The molecule has 1 N–H and O–H groups in total. The average Bonchev–Trinajstić information content (AvgIpc) is 3.09. The van der Waals surface area contributed by atoms with Gasteiger partial charge in [0, 0.05) is 30.4 Å². The molecule has 1 aliphatic rings. The molecule has 8 heteroatoms. The summed E-state index contributed by atoms with van der Waals surface area (Å²) < 4.78 is 40.5. The zero-order chi connectivity index (χ0) is 17.9. The van der Waals surface area contributed by atoms with Gasteiger partial charge in [0.25, 0.3) is 0 Å². The van der Waals surface area contributed by atoms with E-state index >= 15 is 0 Å². The molecule has 1 aromatic heterocycles. The maximum atomic E-state index is 13.6. The first-order valence-corrected chi connectivity index (χ1v) is 9.88. The maximum Gasteiger partial charge on any atom is 0.216 e. The Morgan fingerprint density at radius 3 is 2.64 bits per heavy atom. The van der Waals surface area contributed by atoms with Crippen LogP contribution in [-0.4, -0.2) is 31.5 Å². The largest absolute Gasteiger partial charge is 0.357 e. The van der Waals surface area contributed by atoms with Crippen molar-refractivity contribution >= 4 is 15.8 Å². The van der Waals surface area contributed by atoms with Crippen LogP contribution in [0.5, 0.6) is 0 Å². The summed E-state index contributed by atoms with van der Waals surface area (Å²) in [5, 5.41) is 0. The molecule has 1 aromatic carbocycles. The third-order valence-electron chi connectivity index (χ3n) is 4.07. The van der Waals surface area contributed by atoms with Crippen molar-refractivity contribution in [1.82, 2.24) is 14.7 Å². The number of sulfonamides is 1. The fourth-order valence-corrected chi connectivity index (χ4v) is 3.94. The standard InChI is InChI=1S/C17H21FN4O2S/c1-13-10-17(22-8-4-5-9-22)21-16(20-13)11-19-25(23,24)12-14-6-2-3-7-15(14)18/h2-3,6-7,10,19H,4-5,8-9,11-12H2,1H3. The molecule has 2 aromatic rings. The second kappa shape index (κ2) is 7.45. The van der Waals surface area contributed by atoms with Gasteiger partial charge in [-0.15, -0.1) is 0 Å². The number of nitrogens with zero attached hydrogens (tertiary/aromatic N) is 3. The van der Waals surface area contributed by atoms with Crippen molar-refractivity contribution in [3.05, 3.63) is 53.2 Å². The molecule has 0 radical (unpaired) electrons. The summed E-state index contributed by atoms with van der Waals surface area (Å²) in [5.74, 6) is 0.299. The summed E-state index contributed by atoms with van der Waals surface area (Å²) in [6.45, 7) is 3.75. The number of hydrogen-bond donors (Lipinski definition) is 1. The highest BCUT2D eigenvalue weighted by Gasteiger charge is 2.17. The van der Waals surface area contributed by atoms with E-state index in [2.05, 4.69) is 19.6 Å². The summed E-state index contributed by atoms with van der Waals surface area (Å²) in [4.78, 5) is 10.9. The predicted molar refractivity (Wildman–Crippen MR) is 94.1 cm³/mol. The molecule has 0 aliphatic carbocycles. The van der Waals surface area contributed by atoms with Gasteiger partial charge in [-0.3, -0.25) is 0 Å². The number of aryl methyl sites for hydroxylation is 1. The van der Waals surface area contributed by atoms with E-state index in [1.54, 1.807) is 6.07 Å². The van der Waals surface area contributed by atoms with E-state index in [4.69, 9.17) is 0 Å². The molecule has 0 atom stereocenters. The first-order valence-electron chi connectivity index (χ1n) is 8.23. The lowest BCUT2D eigenvalue weighted by Crippen LogP contribution is -2.27. The van der Waals surface area contributed by atoms with E-state index in [-0.39, 0.29) is 12.1 Å². The van der Waals surface area contributed by atoms with Crippen molar-refractivity contribution in [3.8, 4) is 0 Å². The normalized spacial score (nSPS) is 14.9. The molecule has 1 fully saturated rings. The second-order valence-corrected chi connectivity index (χ2v) is 7.96. The fraction of sp³-hybridized carbons (Fsp3) is 0.412. The molecule has 134 valence electrons. The van der Waals surface area contributed by atoms with Crippen molar-refractivity contribution in [2.75, 3.05) is 18.0 Å². The van der Waals surface area contributed by atoms with Crippen LogP contribution in [0.15, 0.2) is 30.3 Å². The minimum atomic E-state index is -3.68. The smallest absolute Gasteiger partial charge is 0.216 e. The number of rotatable bonds is 6. The lowest BCUT2D eigenvalue weighted by Gasteiger charge is -2.17. The Balaban J connectivity index is 1.69. The van der Waals surface area contributed by atoms with Crippen LogP contribution in [0.1, 0.15) is 29.9 Å². The van der Waals surface area contributed by atoms with E-state index < -0.39 is 21.6 Å². The quantitative estimate of drug-likeness (QED) is 0.850. The van der Waals surface area contributed by atoms with E-state index in [1.807, 2.05) is 13.0 Å². The minimum Gasteiger partial charge on any atom is -0.357 e. The van der Waals surface area contributed by atoms with E-state index in [1.165, 1.54) is 18.2 Å². The first-order chi connectivity index (χ1) is 11.9. The Bertz CT molecular complexity index is 851. The maximum absolute atomic E-state index is 13.6. The monoisotopic (exact) mass is 364 g/mol. The molecule has 6 nitrogen and oxygen atoms in total. The van der Waals surface area contributed by atoms with Gasteiger partial charge >= 0.3 is 0 Å². The lowest BCUT2D eigenvalue weighted by atomic mass is 10.2. The fourth-order valence-electron chi connectivity index (χ4n) is 2.85. The molecule has 1 aliphatic heterocycles. The van der Waals surface area contributed by atoms with Gasteiger partial charge in [-0.25, -0.2) is 27.5 Å². The van der Waals surface area contributed by atoms with Gasteiger partial charge < -0.3 is 4.90 Å². The van der Waals surface area contributed by atoms with Gasteiger partial charge in [0.05, 0.1) is 12.3 Å². The van der Waals surface area contributed by atoms with Crippen molar-refractivity contribution < 1.29 is 12.8 Å². The van der Waals surface area contributed by atoms with Crippen LogP contribution in [0.2, 0.25) is 0 Å². The predicted octanol–water partition coefficient (Wildman–Crippen LogP) is 2.14. The summed E-state index contributed by atoms with van der Waals surface area (Å²) in [6, 6.07) is 7.75. The highest BCUT2D eigenvalue weighted by molar-refractivity contribution is 7.88. The van der Waals surface area contributed by atoms with E-state index in [0.29, 0.717) is 5.82 Å². The Hall–Kier alpha value is -2.06. The topological polar surface area (TPSA) is 75.2 Å². The molecule has 3 rings (SSSR count). The summed E-state index contributed by atoms with van der Waals surface area (Å²) in [5.41, 5.74) is 0.929. The second-order valence-electron chi connectivity index (χ2n) is 6.15. The van der Waals surface area contributed by atoms with E-state index in [9.17, 15) is 12.8 Å². The Labute approximate surface area is 147 Å². The van der Waals surface area contributed by atoms with Gasteiger partial charge in [0.15, 0.2) is 0 Å². The Morgan fingerprint density at radius 2 is 1.92 bits per heavy atom. The van der Waals surface area contributed by atoms with E-state index in [0.717, 1.165) is 37.4 Å². The SMILES string of the molecule is Cc1cc(N2CCCC2)nc(CNS(=O)(=O)Cc2ccccc2F)n1. The number of hydrogen-bond acceptors (Lipinski definition) is 5. The highest BCUT2D eigenvalue weighted by atomic mass is 32.2. The van der Waals surface area contributed by atoms with Crippen LogP contribution in [-0.2, 0) is 22.3 Å². The molecule has 0 unspecified atom stereocenters. The molecule has 0 saturated carbocycles. The van der Waals surface area contributed by atoms with Crippen molar-refractivity contribution in [2.24, 2.45) is 0 Å². The van der Waals surface area contributed by atoms with Crippen LogP contribution in [0.25, 0.3) is 0 Å². The van der Waals surface area contributed by atoms with Crippen LogP contribution >= 0.6 is 0 Å². The lowest BCUT2D eigenvalue weighted by molar-refractivity contribution is 0.572. The highest BCUT2D eigenvalue weighted by Crippen LogP contribution is 2.18. The number of anilines is 1. The molecular weight excluding hydrogens is 343 g/mol. The molecular formula is C17H21FN4O2S. The van der Waals surface area contributed by atoms with Crippen LogP contribution < -0.4 is 9.62 Å². The molecule has 0 spiro atoms. The summed E-state index contributed by atoms with van der Waals surface area (Å²) in [7, 11) is -3.68. The average molecular weight is 364 g/mol. The number of halogens is 1. The van der Waals surface area contributed by atoms with Crippen molar-refractivity contribution in [3.63, 3.8) is 0 Å².